The number of hydrogen-bond donors (Lipinski definition) is 1. The first-order chi connectivity index (χ1) is 8.20. The van der Waals surface area contributed by atoms with Gasteiger partial charge in [0, 0.05) is 19.8 Å². The van der Waals surface area contributed by atoms with E-state index >= 15 is 0 Å². The van der Waals surface area contributed by atoms with Crippen molar-refractivity contribution >= 4 is 0 Å². The van der Waals surface area contributed by atoms with Gasteiger partial charge in [-0.2, -0.15) is 0 Å². The SMILES string of the molecule is CCCNC(C)CC(C)CCCOCCOC. The molecule has 0 aliphatic heterocycles. The van der Waals surface area contributed by atoms with Crippen LogP contribution in [0.2, 0.25) is 0 Å². The second kappa shape index (κ2) is 12.3. The van der Waals surface area contributed by atoms with E-state index in [0.717, 1.165) is 32.1 Å². The monoisotopic (exact) mass is 245 g/mol. The van der Waals surface area contributed by atoms with Crippen LogP contribution in [0.1, 0.15) is 46.5 Å². The molecule has 0 bridgehead atoms. The van der Waals surface area contributed by atoms with E-state index in [1.165, 1.54) is 19.3 Å². The Labute approximate surface area is 107 Å². The normalized spacial score (nSPS) is 14.8. The third-order valence-electron chi connectivity index (χ3n) is 2.92. The standard InChI is InChI=1S/C14H31NO2/c1-5-8-15-14(3)12-13(2)7-6-9-17-11-10-16-4/h13-15H,5-12H2,1-4H3. The Kier molecular flexibility index (Phi) is 12.3. The third-order valence-corrected chi connectivity index (χ3v) is 2.92. The van der Waals surface area contributed by atoms with Crippen LogP contribution in [0.25, 0.3) is 0 Å². The summed E-state index contributed by atoms with van der Waals surface area (Å²) in [5.41, 5.74) is 0. The highest BCUT2D eigenvalue weighted by Gasteiger charge is 2.07. The third kappa shape index (κ3) is 12.1. The molecule has 0 saturated heterocycles. The van der Waals surface area contributed by atoms with Gasteiger partial charge < -0.3 is 14.8 Å². The molecule has 0 fully saturated rings. The van der Waals surface area contributed by atoms with Crippen molar-refractivity contribution in [2.45, 2.75) is 52.5 Å². The Hall–Kier alpha value is -0.120. The highest BCUT2D eigenvalue weighted by atomic mass is 16.5. The molecular weight excluding hydrogens is 214 g/mol. The van der Waals surface area contributed by atoms with Crippen LogP contribution in [0.4, 0.5) is 0 Å². The molecule has 0 aromatic heterocycles. The van der Waals surface area contributed by atoms with E-state index in [4.69, 9.17) is 9.47 Å². The van der Waals surface area contributed by atoms with Crippen LogP contribution >= 0.6 is 0 Å². The summed E-state index contributed by atoms with van der Waals surface area (Å²) < 4.78 is 10.4. The molecule has 0 aromatic carbocycles. The predicted molar refractivity (Wildman–Crippen MR) is 73.5 cm³/mol. The lowest BCUT2D eigenvalue weighted by atomic mass is 9.98. The fourth-order valence-electron chi connectivity index (χ4n) is 1.97. The fraction of sp³-hybridized carbons (Fsp3) is 1.00. The summed E-state index contributed by atoms with van der Waals surface area (Å²) in [6.45, 7) is 10.2. The minimum atomic E-state index is 0.638. The molecule has 2 atom stereocenters. The van der Waals surface area contributed by atoms with Gasteiger partial charge in [0.15, 0.2) is 0 Å². The van der Waals surface area contributed by atoms with Gasteiger partial charge in [-0.15, -0.1) is 0 Å². The van der Waals surface area contributed by atoms with E-state index in [2.05, 4.69) is 26.1 Å². The van der Waals surface area contributed by atoms with Gasteiger partial charge in [0.2, 0.25) is 0 Å². The second-order valence-electron chi connectivity index (χ2n) is 4.94. The Morgan fingerprint density at radius 3 is 2.53 bits per heavy atom. The van der Waals surface area contributed by atoms with Gasteiger partial charge >= 0.3 is 0 Å². The maximum absolute atomic E-state index is 5.45. The van der Waals surface area contributed by atoms with Crippen molar-refractivity contribution in [3.8, 4) is 0 Å². The number of hydrogen-bond acceptors (Lipinski definition) is 3. The first-order valence-corrected chi connectivity index (χ1v) is 7.00. The van der Waals surface area contributed by atoms with E-state index in [9.17, 15) is 0 Å². The highest BCUT2D eigenvalue weighted by molar-refractivity contribution is 4.65. The molecule has 0 amide bonds. The Bertz CT molecular complexity index is 153. The van der Waals surface area contributed by atoms with Gasteiger partial charge in [-0.3, -0.25) is 0 Å². The average molecular weight is 245 g/mol. The molecule has 0 aliphatic carbocycles. The smallest absolute Gasteiger partial charge is 0.0700 e. The van der Waals surface area contributed by atoms with Crippen LogP contribution < -0.4 is 5.32 Å². The van der Waals surface area contributed by atoms with Crippen molar-refractivity contribution in [3.05, 3.63) is 0 Å². The summed E-state index contributed by atoms with van der Waals surface area (Å²) in [4.78, 5) is 0. The molecule has 2 unspecified atom stereocenters. The molecule has 0 aromatic rings. The van der Waals surface area contributed by atoms with Crippen LogP contribution in [0.3, 0.4) is 0 Å². The molecule has 0 rings (SSSR count). The molecule has 3 nitrogen and oxygen atoms in total. The first kappa shape index (κ1) is 16.9. The molecule has 0 heterocycles. The van der Waals surface area contributed by atoms with Gasteiger partial charge in [0.1, 0.15) is 0 Å². The minimum Gasteiger partial charge on any atom is -0.382 e. The summed E-state index contributed by atoms with van der Waals surface area (Å²) in [6, 6.07) is 0.638. The zero-order valence-electron chi connectivity index (χ0n) is 12.1. The zero-order valence-corrected chi connectivity index (χ0v) is 12.1. The second-order valence-corrected chi connectivity index (χ2v) is 4.94. The van der Waals surface area contributed by atoms with E-state index in [1.807, 2.05) is 0 Å². The van der Waals surface area contributed by atoms with Crippen LogP contribution in [0.15, 0.2) is 0 Å². The summed E-state index contributed by atoms with van der Waals surface area (Å²) in [5, 5.41) is 3.53. The van der Waals surface area contributed by atoms with Crippen LogP contribution in [0, 0.1) is 5.92 Å². The number of methoxy groups -OCH3 is 1. The molecule has 0 aliphatic rings. The fourth-order valence-corrected chi connectivity index (χ4v) is 1.97. The molecule has 104 valence electrons. The molecule has 0 spiro atoms. The molecule has 0 saturated carbocycles. The Morgan fingerprint density at radius 1 is 1.12 bits per heavy atom. The lowest BCUT2D eigenvalue weighted by Gasteiger charge is -2.18. The Balaban J connectivity index is 3.30. The van der Waals surface area contributed by atoms with E-state index in [-0.39, 0.29) is 0 Å². The van der Waals surface area contributed by atoms with Crippen LogP contribution in [-0.4, -0.2) is 39.5 Å². The lowest BCUT2D eigenvalue weighted by molar-refractivity contribution is 0.0672. The minimum absolute atomic E-state index is 0.638. The van der Waals surface area contributed by atoms with Gasteiger partial charge in [-0.1, -0.05) is 13.8 Å². The van der Waals surface area contributed by atoms with Gasteiger partial charge in [0.05, 0.1) is 13.2 Å². The van der Waals surface area contributed by atoms with Gasteiger partial charge in [-0.25, -0.2) is 0 Å². The maximum Gasteiger partial charge on any atom is 0.0700 e. The molecule has 17 heavy (non-hydrogen) atoms. The van der Waals surface area contributed by atoms with Crippen molar-refractivity contribution in [2.24, 2.45) is 5.92 Å². The summed E-state index contributed by atoms with van der Waals surface area (Å²) in [7, 11) is 1.70. The highest BCUT2D eigenvalue weighted by Crippen LogP contribution is 2.12. The van der Waals surface area contributed by atoms with Crippen molar-refractivity contribution in [1.82, 2.24) is 5.32 Å². The molecule has 1 N–H and O–H groups in total. The number of nitrogens with one attached hydrogen (secondary N) is 1. The summed E-state index contributed by atoms with van der Waals surface area (Å²) in [5.74, 6) is 0.778. The van der Waals surface area contributed by atoms with Crippen molar-refractivity contribution in [1.29, 1.82) is 0 Å². The first-order valence-electron chi connectivity index (χ1n) is 7.00. The lowest BCUT2D eigenvalue weighted by Crippen LogP contribution is -2.28. The van der Waals surface area contributed by atoms with Crippen LogP contribution in [0.5, 0.6) is 0 Å². The molecule has 0 radical (unpaired) electrons. The predicted octanol–water partition coefficient (Wildman–Crippen LogP) is 2.84. The quantitative estimate of drug-likeness (QED) is 0.536. The van der Waals surface area contributed by atoms with Crippen molar-refractivity contribution in [3.63, 3.8) is 0 Å². The topological polar surface area (TPSA) is 30.5 Å². The molecular formula is C14H31NO2. The van der Waals surface area contributed by atoms with E-state index < -0.39 is 0 Å². The molecule has 3 heteroatoms. The maximum atomic E-state index is 5.45. The number of ether oxygens (including phenoxy) is 2. The summed E-state index contributed by atoms with van der Waals surface area (Å²) >= 11 is 0. The van der Waals surface area contributed by atoms with Crippen molar-refractivity contribution < 1.29 is 9.47 Å². The zero-order chi connectivity index (χ0) is 12.9. The number of rotatable bonds is 12. The van der Waals surface area contributed by atoms with Gasteiger partial charge in [-0.05, 0) is 45.1 Å². The average Bonchev–Trinajstić information content (AvgIpc) is 2.31. The van der Waals surface area contributed by atoms with Crippen LogP contribution in [-0.2, 0) is 9.47 Å². The van der Waals surface area contributed by atoms with Gasteiger partial charge in [0.25, 0.3) is 0 Å². The van der Waals surface area contributed by atoms with E-state index in [0.29, 0.717) is 12.6 Å². The van der Waals surface area contributed by atoms with E-state index in [1.54, 1.807) is 7.11 Å². The van der Waals surface area contributed by atoms with Crippen molar-refractivity contribution in [2.75, 3.05) is 33.5 Å². The summed E-state index contributed by atoms with van der Waals surface area (Å²) in [6.07, 6.45) is 4.89. The Morgan fingerprint density at radius 2 is 1.88 bits per heavy atom. The largest absolute Gasteiger partial charge is 0.382 e.